The lowest BCUT2D eigenvalue weighted by atomic mass is 10.0. The minimum absolute atomic E-state index is 0.0742. The lowest BCUT2D eigenvalue weighted by Gasteiger charge is -2.22. The molecule has 0 aliphatic heterocycles. The van der Waals surface area contributed by atoms with Gasteiger partial charge in [0, 0.05) is 13.1 Å². The van der Waals surface area contributed by atoms with Gasteiger partial charge in [0.1, 0.15) is 17.0 Å². The van der Waals surface area contributed by atoms with Crippen LogP contribution in [-0.2, 0) is 4.79 Å². The number of rotatable bonds is 9. The van der Waals surface area contributed by atoms with Crippen molar-refractivity contribution >= 4 is 44.2 Å². The van der Waals surface area contributed by atoms with Gasteiger partial charge in [-0.2, -0.15) is 0 Å². The molecular weight excluding hydrogens is 434 g/mol. The molecule has 0 saturated heterocycles. The molecule has 0 saturated carbocycles. The van der Waals surface area contributed by atoms with Crippen LogP contribution in [0.25, 0.3) is 10.2 Å². The van der Waals surface area contributed by atoms with Crippen LogP contribution < -0.4 is 14.4 Å². The first-order valence-corrected chi connectivity index (χ1v) is 11.3. The predicted octanol–water partition coefficient (Wildman–Crippen LogP) is 5.06. The maximum atomic E-state index is 13.1. The second kappa shape index (κ2) is 10.3. The zero-order valence-corrected chi connectivity index (χ0v) is 20.1. The van der Waals surface area contributed by atoms with E-state index in [-0.39, 0.29) is 12.5 Å². The van der Waals surface area contributed by atoms with Crippen molar-refractivity contribution in [1.29, 1.82) is 0 Å². The van der Waals surface area contributed by atoms with Crippen molar-refractivity contribution < 1.29 is 14.3 Å². The molecule has 3 rings (SSSR count). The summed E-state index contributed by atoms with van der Waals surface area (Å²) in [6, 6.07) is 11.4. The average Bonchev–Trinajstić information content (AvgIpc) is 3.18. The Hall–Kier alpha value is -2.35. The van der Waals surface area contributed by atoms with Gasteiger partial charge in [-0.3, -0.25) is 9.69 Å². The molecule has 0 spiro atoms. The second-order valence-electron chi connectivity index (χ2n) is 7.78. The summed E-state index contributed by atoms with van der Waals surface area (Å²) < 4.78 is 12.0. The molecule has 1 amide bonds. The summed E-state index contributed by atoms with van der Waals surface area (Å²) in [5.41, 5.74) is 1.88. The molecule has 31 heavy (non-hydrogen) atoms. The fraction of sp³-hybridized carbons (Fsp3) is 0.391. The van der Waals surface area contributed by atoms with Gasteiger partial charge in [-0.25, -0.2) is 4.98 Å². The van der Waals surface area contributed by atoms with E-state index in [1.54, 1.807) is 24.1 Å². The number of halogens is 1. The molecule has 1 aromatic heterocycles. The van der Waals surface area contributed by atoms with E-state index in [0.29, 0.717) is 46.2 Å². The van der Waals surface area contributed by atoms with E-state index in [0.717, 1.165) is 4.70 Å². The van der Waals surface area contributed by atoms with E-state index in [4.69, 9.17) is 21.1 Å². The van der Waals surface area contributed by atoms with Gasteiger partial charge >= 0.3 is 0 Å². The number of carbonyl (C=O) groups is 1. The predicted molar refractivity (Wildman–Crippen MR) is 128 cm³/mol. The Morgan fingerprint density at radius 3 is 2.45 bits per heavy atom. The van der Waals surface area contributed by atoms with Gasteiger partial charge in [0.05, 0.1) is 16.8 Å². The summed E-state index contributed by atoms with van der Waals surface area (Å²) >= 11 is 7.74. The summed E-state index contributed by atoms with van der Waals surface area (Å²) in [6.07, 6.45) is 0. The fourth-order valence-corrected chi connectivity index (χ4v) is 4.32. The molecule has 166 valence electrons. The third kappa shape index (κ3) is 5.67. The van der Waals surface area contributed by atoms with Gasteiger partial charge in [0.25, 0.3) is 5.91 Å². The number of anilines is 1. The van der Waals surface area contributed by atoms with E-state index in [1.165, 1.54) is 16.9 Å². The smallest absolute Gasteiger partial charge is 0.266 e. The quantitative estimate of drug-likeness (QED) is 0.446. The number of fused-ring (bicyclic) bond motifs is 1. The van der Waals surface area contributed by atoms with E-state index in [1.807, 2.05) is 43.3 Å². The molecule has 0 fully saturated rings. The number of thiazole rings is 1. The molecule has 2 aromatic carbocycles. The Kier molecular flexibility index (Phi) is 7.75. The van der Waals surface area contributed by atoms with Crippen molar-refractivity contribution in [2.24, 2.45) is 0 Å². The highest BCUT2D eigenvalue weighted by Crippen LogP contribution is 2.38. The van der Waals surface area contributed by atoms with Crippen molar-refractivity contribution in [3.05, 3.63) is 47.0 Å². The van der Waals surface area contributed by atoms with Gasteiger partial charge in [-0.15, -0.1) is 0 Å². The van der Waals surface area contributed by atoms with Crippen LogP contribution in [0, 0.1) is 0 Å². The fourth-order valence-electron chi connectivity index (χ4n) is 3.02. The lowest BCUT2D eigenvalue weighted by molar-refractivity contribution is -0.120. The Balaban J connectivity index is 1.82. The maximum absolute atomic E-state index is 13.1. The number of amides is 1. The van der Waals surface area contributed by atoms with Crippen molar-refractivity contribution in [3.8, 4) is 11.5 Å². The normalized spacial score (nSPS) is 11.4. The zero-order valence-electron chi connectivity index (χ0n) is 18.5. The van der Waals surface area contributed by atoms with Crippen LogP contribution in [0.1, 0.15) is 25.3 Å². The van der Waals surface area contributed by atoms with Crippen LogP contribution in [0.4, 0.5) is 5.13 Å². The van der Waals surface area contributed by atoms with Crippen LogP contribution in [0.5, 0.6) is 11.5 Å². The molecule has 3 aromatic rings. The molecule has 0 aliphatic carbocycles. The lowest BCUT2D eigenvalue weighted by Crippen LogP contribution is -2.39. The Morgan fingerprint density at radius 1 is 1.13 bits per heavy atom. The standard InChI is InChI=1S/C23H28ClN3O3S/c1-15(2)16-6-8-17(9-7-16)30-14-20(28)27(13-12-26(3)4)23-25-21-19(29-5)11-10-18(24)22(21)31-23/h6-11,15H,12-14H2,1-5H3. The third-order valence-electron chi connectivity index (χ3n) is 4.88. The van der Waals surface area contributed by atoms with Crippen LogP contribution in [-0.4, -0.2) is 56.7 Å². The summed E-state index contributed by atoms with van der Waals surface area (Å²) in [4.78, 5) is 21.5. The van der Waals surface area contributed by atoms with Gasteiger partial charge in [0.2, 0.25) is 0 Å². The van der Waals surface area contributed by atoms with E-state index in [2.05, 4.69) is 18.8 Å². The van der Waals surface area contributed by atoms with Gasteiger partial charge in [-0.1, -0.05) is 48.9 Å². The van der Waals surface area contributed by atoms with Crippen LogP contribution >= 0.6 is 22.9 Å². The monoisotopic (exact) mass is 461 g/mol. The van der Waals surface area contributed by atoms with Gasteiger partial charge in [0.15, 0.2) is 11.7 Å². The molecule has 0 radical (unpaired) electrons. The highest BCUT2D eigenvalue weighted by Gasteiger charge is 2.22. The Labute approximate surface area is 192 Å². The average molecular weight is 462 g/mol. The number of hydrogen-bond donors (Lipinski definition) is 0. The first kappa shape index (κ1) is 23.3. The number of carbonyl (C=O) groups excluding carboxylic acids is 1. The summed E-state index contributed by atoms with van der Waals surface area (Å²) in [5.74, 6) is 1.58. The molecular formula is C23H28ClN3O3S. The summed E-state index contributed by atoms with van der Waals surface area (Å²) in [7, 11) is 5.52. The summed E-state index contributed by atoms with van der Waals surface area (Å²) in [6.45, 7) is 5.38. The van der Waals surface area contributed by atoms with Crippen LogP contribution in [0.3, 0.4) is 0 Å². The molecule has 8 heteroatoms. The number of hydrogen-bond acceptors (Lipinski definition) is 6. The number of likely N-dealkylation sites (N-methyl/N-ethyl adjacent to an activating group) is 1. The number of ether oxygens (including phenoxy) is 2. The number of benzene rings is 2. The van der Waals surface area contributed by atoms with Crippen molar-refractivity contribution in [2.45, 2.75) is 19.8 Å². The highest BCUT2D eigenvalue weighted by molar-refractivity contribution is 7.23. The molecule has 0 N–H and O–H groups in total. The third-order valence-corrected chi connectivity index (χ3v) is 6.42. The number of aromatic nitrogens is 1. The minimum atomic E-state index is -0.163. The van der Waals surface area contributed by atoms with E-state index >= 15 is 0 Å². The largest absolute Gasteiger partial charge is 0.494 e. The van der Waals surface area contributed by atoms with Crippen molar-refractivity contribution in [1.82, 2.24) is 9.88 Å². The Bertz CT molecular complexity index is 1030. The SMILES string of the molecule is COc1ccc(Cl)c2sc(N(CCN(C)C)C(=O)COc3ccc(C(C)C)cc3)nc12. The molecule has 6 nitrogen and oxygen atoms in total. The zero-order chi connectivity index (χ0) is 22.5. The first-order valence-electron chi connectivity index (χ1n) is 10.1. The Morgan fingerprint density at radius 2 is 1.84 bits per heavy atom. The topological polar surface area (TPSA) is 54.9 Å². The molecule has 0 atom stereocenters. The molecule has 1 heterocycles. The van der Waals surface area contributed by atoms with E-state index < -0.39 is 0 Å². The second-order valence-corrected chi connectivity index (χ2v) is 9.17. The van der Waals surface area contributed by atoms with E-state index in [9.17, 15) is 4.79 Å². The van der Waals surface area contributed by atoms with Crippen molar-refractivity contribution in [3.63, 3.8) is 0 Å². The molecule has 0 unspecified atom stereocenters. The first-order chi connectivity index (χ1) is 14.8. The van der Waals surface area contributed by atoms with Crippen LogP contribution in [0.15, 0.2) is 36.4 Å². The van der Waals surface area contributed by atoms with Gasteiger partial charge in [-0.05, 0) is 49.8 Å². The van der Waals surface area contributed by atoms with Gasteiger partial charge < -0.3 is 14.4 Å². The number of nitrogens with zero attached hydrogens (tertiary/aromatic N) is 3. The van der Waals surface area contributed by atoms with Crippen molar-refractivity contribution in [2.75, 3.05) is 45.8 Å². The minimum Gasteiger partial charge on any atom is -0.494 e. The summed E-state index contributed by atoms with van der Waals surface area (Å²) in [5, 5.41) is 1.16. The molecule has 0 bridgehead atoms. The highest BCUT2D eigenvalue weighted by atomic mass is 35.5. The van der Waals surface area contributed by atoms with Crippen LogP contribution in [0.2, 0.25) is 5.02 Å². The molecule has 0 aliphatic rings. The number of methoxy groups -OCH3 is 1. The maximum Gasteiger partial charge on any atom is 0.266 e.